The second-order valence-corrected chi connectivity index (χ2v) is 6.16. The van der Waals surface area contributed by atoms with Crippen molar-refractivity contribution in [1.82, 2.24) is 5.32 Å². The molecular formula is C15H18F3NO2S. The van der Waals surface area contributed by atoms with E-state index in [1.807, 2.05) is 6.92 Å². The van der Waals surface area contributed by atoms with Crippen molar-refractivity contribution in [2.24, 2.45) is 0 Å². The first-order valence-electron chi connectivity index (χ1n) is 6.84. The molecule has 0 spiro atoms. The second-order valence-electron chi connectivity index (χ2n) is 4.59. The average Bonchev–Trinajstić information content (AvgIpc) is 2.48. The molecule has 22 heavy (non-hydrogen) atoms. The molecule has 0 heterocycles. The van der Waals surface area contributed by atoms with Crippen molar-refractivity contribution in [3.05, 3.63) is 35.9 Å². The molecule has 1 aromatic rings. The predicted octanol–water partition coefficient (Wildman–Crippen LogP) is 3.29. The standard InChI is InChI=1S/C15H18F3NO2S/c1-2-3-10-22(21)13-8-4-6-12(11-13)7-5-9-19-14(20)15(16,17)18/h4-8,11H,2-3,9-10H2,1H3,(H,19,20). The highest BCUT2D eigenvalue weighted by molar-refractivity contribution is 7.85. The highest BCUT2D eigenvalue weighted by Gasteiger charge is 2.37. The number of benzene rings is 1. The molecule has 7 heteroatoms. The Balaban J connectivity index is 2.58. The largest absolute Gasteiger partial charge is 0.471 e. The Morgan fingerprint density at radius 2 is 2.09 bits per heavy atom. The molecule has 1 atom stereocenters. The third-order valence-corrected chi connectivity index (χ3v) is 4.19. The third kappa shape index (κ3) is 6.43. The Morgan fingerprint density at radius 1 is 1.36 bits per heavy atom. The number of nitrogens with one attached hydrogen (secondary N) is 1. The number of carbonyl (C=O) groups is 1. The van der Waals surface area contributed by atoms with Crippen molar-refractivity contribution >= 4 is 22.8 Å². The summed E-state index contributed by atoms with van der Waals surface area (Å²) in [7, 11) is -1.07. The summed E-state index contributed by atoms with van der Waals surface area (Å²) in [5, 5.41) is 1.75. The average molecular weight is 333 g/mol. The SMILES string of the molecule is CCCCS(=O)c1cccc(C=CCNC(=O)C(F)(F)F)c1. The number of amides is 1. The molecule has 1 unspecified atom stereocenters. The lowest BCUT2D eigenvalue weighted by molar-refractivity contribution is -0.173. The maximum Gasteiger partial charge on any atom is 0.471 e. The van der Waals surface area contributed by atoms with Gasteiger partial charge in [-0.05, 0) is 24.1 Å². The van der Waals surface area contributed by atoms with E-state index in [0.29, 0.717) is 10.6 Å². The minimum Gasteiger partial charge on any atom is -0.345 e. The van der Waals surface area contributed by atoms with Crippen LogP contribution >= 0.6 is 0 Å². The van der Waals surface area contributed by atoms with Crippen LogP contribution in [-0.2, 0) is 15.6 Å². The van der Waals surface area contributed by atoms with Gasteiger partial charge in [-0.25, -0.2) is 0 Å². The second kappa shape index (κ2) is 8.73. The minimum absolute atomic E-state index is 0.221. The van der Waals surface area contributed by atoms with Crippen LogP contribution in [0.2, 0.25) is 0 Å². The molecule has 0 aliphatic rings. The molecule has 0 fully saturated rings. The van der Waals surface area contributed by atoms with E-state index in [2.05, 4.69) is 0 Å². The van der Waals surface area contributed by atoms with E-state index >= 15 is 0 Å². The van der Waals surface area contributed by atoms with Gasteiger partial charge in [0.05, 0.1) is 10.8 Å². The Labute approximate surface area is 130 Å². The van der Waals surface area contributed by atoms with E-state index in [1.54, 1.807) is 35.7 Å². The van der Waals surface area contributed by atoms with E-state index in [0.717, 1.165) is 18.4 Å². The van der Waals surface area contributed by atoms with Crippen molar-refractivity contribution in [1.29, 1.82) is 0 Å². The molecular weight excluding hydrogens is 315 g/mol. The lowest BCUT2D eigenvalue weighted by Crippen LogP contribution is -2.36. The number of hydrogen-bond donors (Lipinski definition) is 1. The van der Waals surface area contributed by atoms with Crippen LogP contribution < -0.4 is 5.32 Å². The van der Waals surface area contributed by atoms with Crippen LogP contribution in [0.5, 0.6) is 0 Å². The zero-order chi connectivity index (χ0) is 16.6. The van der Waals surface area contributed by atoms with E-state index in [-0.39, 0.29) is 6.54 Å². The summed E-state index contributed by atoms with van der Waals surface area (Å²) in [6.07, 6.45) is -0.0424. The minimum atomic E-state index is -4.87. The van der Waals surface area contributed by atoms with Crippen molar-refractivity contribution in [3.8, 4) is 0 Å². The summed E-state index contributed by atoms with van der Waals surface area (Å²) in [6.45, 7) is 1.80. The Morgan fingerprint density at radius 3 is 2.73 bits per heavy atom. The number of alkyl halides is 3. The molecule has 0 aliphatic carbocycles. The zero-order valence-electron chi connectivity index (χ0n) is 12.2. The summed E-state index contributed by atoms with van der Waals surface area (Å²) >= 11 is 0. The fourth-order valence-corrected chi connectivity index (χ4v) is 2.88. The van der Waals surface area contributed by atoms with Crippen molar-refractivity contribution in [2.45, 2.75) is 30.8 Å². The highest BCUT2D eigenvalue weighted by Crippen LogP contribution is 2.14. The van der Waals surface area contributed by atoms with Gasteiger partial charge >= 0.3 is 12.1 Å². The first-order valence-corrected chi connectivity index (χ1v) is 8.16. The van der Waals surface area contributed by atoms with E-state index in [9.17, 15) is 22.2 Å². The molecule has 1 aromatic carbocycles. The van der Waals surface area contributed by atoms with Gasteiger partial charge in [-0.15, -0.1) is 0 Å². The Kier molecular flexibility index (Phi) is 7.31. The van der Waals surface area contributed by atoms with Gasteiger partial charge < -0.3 is 5.32 Å². The molecule has 0 aliphatic heterocycles. The van der Waals surface area contributed by atoms with E-state index < -0.39 is 22.9 Å². The molecule has 1 amide bonds. The van der Waals surface area contributed by atoms with Gasteiger partial charge in [0.1, 0.15) is 0 Å². The number of rotatable bonds is 7. The fraction of sp³-hybridized carbons (Fsp3) is 0.400. The number of carbonyl (C=O) groups excluding carboxylic acids is 1. The van der Waals surface area contributed by atoms with Crippen molar-refractivity contribution < 1.29 is 22.2 Å². The zero-order valence-corrected chi connectivity index (χ0v) is 13.0. The number of hydrogen-bond acceptors (Lipinski definition) is 2. The van der Waals surface area contributed by atoms with E-state index in [4.69, 9.17) is 0 Å². The van der Waals surface area contributed by atoms with Crippen LogP contribution in [0.15, 0.2) is 35.2 Å². The third-order valence-electron chi connectivity index (χ3n) is 2.75. The Hall–Kier alpha value is -1.63. The van der Waals surface area contributed by atoms with Gasteiger partial charge in [0.2, 0.25) is 0 Å². The summed E-state index contributed by atoms with van der Waals surface area (Å²) < 4.78 is 47.9. The van der Waals surface area contributed by atoms with Crippen LogP contribution in [0.25, 0.3) is 6.08 Å². The summed E-state index contributed by atoms with van der Waals surface area (Å²) in [5.41, 5.74) is 0.726. The normalized spacial score (nSPS) is 13.3. The van der Waals surface area contributed by atoms with E-state index in [1.165, 1.54) is 6.08 Å². The molecule has 1 N–H and O–H groups in total. The summed E-state index contributed by atoms with van der Waals surface area (Å²) in [4.78, 5) is 11.3. The van der Waals surface area contributed by atoms with Crippen molar-refractivity contribution in [2.75, 3.05) is 12.3 Å². The van der Waals surface area contributed by atoms with Gasteiger partial charge in [-0.2, -0.15) is 13.2 Å². The maximum atomic E-state index is 12.0. The molecule has 0 radical (unpaired) electrons. The van der Waals surface area contributed by atoms with Gasteiger partial charge in [0, 0.05) is 17.2 Å². The number of unbranched alkanes of at least 4 members (excludes halogenated alkanes) is 1. The van der Waals surface area contributed by atoms with Crippen LogP contribution in [0, 0.1) is 0 Å². The van der Waals surface area contributed by atoms with Gasteiger partial charge in [0.25, 0.3) is 0 Å². The first-order chi connectivity index (χ1) is 10.3. The molecule has 0 saturated carbocycles. The highest BCUT2D eigenvalue weighted by atomic mass is 32.2. The quantitative estimate of drug-likeness (QED) is 0.832. The molecule has 0 saturated heterocycles. The Bertz CT molecular complexity index is 556. The lowest BCUT2D eigenvalue weighted by atomic mass is 10.2. The molecule has 0 aromatic heterocycles. The van der Waals surface area contributed by atoms with Crippen LogP contribution in [-0.4, -0.2) is 28.6 Å². The molecule has 122 valence electrons. The summed E-state index contributed by atoms with van der Waals surface area (Å²) in [5.74, 6) is -1.38. The monoisotopic (exact) mass is 333 g/mol. The molecule has 3 nitrogen and oxygen atoms in total. The van der Waals surface area contributed by atoms with Crippen molar-refractivity contribution in [3.63, 3.8) is 0 Å². The molecule has 0 bridgehead atoms. The lowest BCUT2D eigenvalue weighted by Gasteiger charge is -2.05. The van der Waals surface area contributed by atoms with Gasteiger partial charge in [-0.1, -0.05) is 37.6 Å². The number of halogens is 3. The van der Waals surface area contributed by atoms with Crippen LogP contribution in [0.4, 0.5) is 13.2 Å². The fourth-order valence-electron chi connectivity index (χ4n) is 1.60. The van der Waals surface area contributed by atoms with Crippen LogP contribution in [0.3, 0.4) is 0 Å². The smallest absolute Gasteiger partial charge is 0.345 e. The maximum absolute atomic E-state index is 12.0. The topological polar surface area (TPSA) is 46.2 Å². The first kappa shape index (κ1) is 18.4. The van der Waals surface area contributed by atoms with Gasteiger partial charge in [-0.3, -0.25) is 9.00 Å². The van der Waals surface area contributed by atoms with Gasteiger partial charge in [0.15, 0.2) is 0 Å². The summed E-state index contributed by atoms with van der Waals surface area (Å²) in [6, 6.07) is 6.98. The van der Waals surface area contributed by atoms with Crippen LogP contribution in [0.1, 0.15) is 25.3 Å². The molecule has 1 rings (SSSR count). The predicted molar refractivity (Wildman–Crippen MR) is 80.7 cm³/mol.